The van der Waals surface area contributed by atoms with E-state index in [-0.39, 0.29) is 17.9 Å². The number of benzene rings is 1. The van der Waals surface area contributed by atoms with Crippen LogP contribution in [-0.4, -0.2) is 54.4 Å². The van der Waals surface area contributed by atoms with Gasteiger partial charge >= 0.3 is 0 Å². The zero-order chi connectivity index (χ0) is 22.1. The molecule has 32 heavy (non-hydrogen) atoms. The Kier molecular flexibility index (Phi) is 6.18. The highest BCUT2D eigenvalue weighted by Gasteiger charge is 2.55. The second kappa shape index (κ2) is 9.07. The van der Waals surface area contributed by atoms with E-state index in [1.54, 1.807) is 0 Å². The standard InChI is InChI=1S/C27H38N2O3/c1-2-4-20-5-7-24(8-6-20)32-19-25(30)28-9-3-10-29(12-11-28)26(31)27-16-21-13-22(17-27)15-23(14-21)18-27/h5-8,21-23H,2-4,9-19H2,1H3. The van der Waals surface area contributed by atoms with E-state index in [0.717, 1.165) is 68.6 Å². The number of amides is 2. The Morgan fingerprint density at radius 3 is 2.12 bits per heavy atom. The molecule has 4 saturated carbocycles. The smallest absolute Gasteiger partial charge is 0.260 e. The molecule has 0 unspecified atom stereocenters. The maximum atomic E-state index is 13.7. The van der Waals surface area contributed by atoms with Crippen LogP contribution >= 0.6 is 0 Å². The first-order chi connectivity index (χ1) is 15.5. The molecule has 1 aromatic rings. The number of hydrogen-bond donors (Lipinski definition) is 0. The third-order valence-electron chi connectivity index (χ3n) is 8.45. The number of aryl methyl sites for hydroxylation is 1. The molecule has 1 aliphatic heterocycles. The predicted octanol–water partition coefficient (Wildman–Crippen LogP) is 4.30. The predicted molar refractivity (Wildman–Crippen MR) is 124 cm³/mol. The van der Waals surface area contributed by atoms with E-state index < -0.39 is 0 Å². The molecule has 0 aromatic heterocycles. The average Bonchev–Trinajstić information content (AvgIpc) is 3.03. The molecule has 0 spiro atoms. The van der Waals surface area contributed by atoms with Crippen molar-refractivity contribution in [2.24, 2.45) is 23.2 Å². The van der Waals surface area contributed by atoms with Crippen molar-refractivity contribution in [2.45, 2.75) is 64.7 Å². The van der Waals surface area contributed by atoms with Gasteiger partial charge in [-0.1, -0.05) is 25.5 Å². The third-order valence-corrected chi connectivity index (χ3v) is 8.45. The molecule has 0 radical (unpaired) electrons. The highest BCUT2D eigenvalue weighted by molar-refractivity contribution is 5.83. The van der Waals surface area contributed by atoms with Crippen molar-refractivity contribution in [1.82, 2.24) is 9.80 Å². The van der Waals surface area contributed by atoms with E-state index in [1.807, 2.05) is 17.0 Å². The summed E-state index contributed by atoms with van der Waals surface area (Å²) in [5, 5.41) is 0. The van der Waals surface area contributed by atoms with Gasteiger partial charge in [0.05, 0.1) is 5.41 Å². The van der Waals surface area contributed by atoms with Crippen molar-refractivity contribution in [3.63, 3.8) is 0 Å². The van der Waals surface area contributed by atoms with Gasteiger partial charge in [-0.15, -0.1) is 0 Å². The van der Waals surface area contributed by atoms with Crippen LogP contribution < -0.4 is 4.74 Å². The highest BCUT2D eigenvalue weighted by Crippen LogP contribution is 2.60. The number of nitrogens with zero attached hydrogens (tertiary/aromatic N) is 2. The lowest BCUT2D eigenvalue weighted by Crippen LogP contribution is -2.55. The molecule has 1 aromatic carbocycles. The van der Waals surface area contributed by atoms with Crippen molar-refractivity contribution >= 4 is 11.8 Å². The molecule has 5 aliphatic rings. The van der Waals surface area contributed by atoms with Crippen molar-refractivity contribution in [3.05, 3.63) is 29.8 Å². The summed E-state index contributed by atoms with van der Waals surface area (Å²) in [6, 6.07) is 8.05. The van der Waals surface area contributed by atoms with Gasteiger partial charge in [0.2, 0.25) is 5.91 Å². The largest absolute Gasteiger partial charge is 0.484 e. The maximum absolute atomic E-state index is 13.7. The van der Waals surface area contributed by atoms with E-state index >= 15 is 0 Å². The summed E-state index contributed by atoms with van der Waals surface area (Å²) >= 11 is 0. The molecular formula is C27H38N2O3. The fraction of sp³-hybridized carbons (Fsp3) is 0.704. The lowest BCUT2D eigenvalue weighted by molar-refractivity contribution is -0.157. The fourth-order valence-corrected chi connectivity index (χ4v) is 7.36. The highest BCUT2D eigenvalue weighted by atomic mass is 16.5. The van der Waals surface area contributed by atoms with Crippen molar-refractivity contribution in [2.75, 3.05) is 32.8 Å². The third kappa shape index (κ3) is 4.40. The Balaban J connectivity index is 1.14. The summed E-state index contributed by atoms with van der Waals surface area (Å²) in [5.41, 5.74) is 1.21. The van der Waals surface area contributed by atoms with Gasteiger partial charge in [-0.2, -0.15) is 0 Å². The van der Waals surface area contributed by atoms with Crippen LogP contribution in [0, 0.1) is 23.2 Å². The maximum Gasteiger partial charge on any atom is 0.260 e. The van der Waals surface area contributed by atoms with Crippen LogP contribution in [0.2, 0.25) is 0 Å². The lowest BCUT2D eigenvalue weighted by Gasteiger charge is -2.56. The normalized spacial score (nSPS) is 31.5. The molecule has 6 rings (SSSR count). The van der Waals surface area contributed by atoms with Gasteiger partial charge in [-0.25, -0.2) is 0 Å². The Morgan fingerprint density at radius 1 is 0.906 bits per heavy atom. The fourth-order valence-electron chi connectivity index (χ4n) is 7.36. The van der Waals surface area contributed by atoms with Crippen LogP contribution in [0.4, 0.5) is 0 Å². The summed E-state index contributed by atoms with van der Waals surface area (Å²) in [6.45, 7) is 5.01. The number of ether oxygens (including phenoxy) is 1. The summed E-state index contributed by atoms with van der Waals surface area (Å²) in [6.07, 6.45) is 10.4. The quantitative estimate of drug-likeness (QED) is 0.666. The van der Waals surface area contributed by atoms with Crippen LogP contribution in [0.5, 0.6) is 5.75 Å². The second-order valence-corrected chi connectivity index (χ2v) is 10.9. The Morgan fingerprint density at radius 2 is 1.50 bits per heavy atom. The lowest BCUT2D eigenvalue weighted by atomic mass is 9.49. The minimum Gasteiger partial charge on any atom is -0.484 e. The van der Waals surface area contributed by atoms with Crippen LogP contribution in [-0.2, 0) is 16.0 Å². The van der Waals surface area contributed by atoms with Crippen molar-refractivity contribution < 1.29 is 14.3 Å². The van der Waals surface area contributed by atoms with Gasteiger partial charge in [0, 0.05) is 26.2 Å². The summed E-state index contributed by atoms with van der Waals surface area (Å²) in [5.74, 6) is 3.50. The van der Waals surface area contributed by atoms with Gasteiger partial charge in [0.15, 0.2) is 6.61 Å². The number of hydrogen-bond acceptors (Lipinski definition) is 3. The second-order valence-electron chi connectivity index (χ2n) is 10.9. The molecule has 5 heteroatoms. The van der Waals surface area contributed by atoms with Gasteiger partial charge in [-0.3, -0.25) is 9.59 Å². The molecule has 5 nitrogen and oxygen atoms in total. The van der Waals surface area contributed by atoms with Crippen LogP contribution in [0.25, 0.3) is 0 Å². The topological polar surface area (TPSA) is 49.9 Å². The molecule has 0 atom stereocenters. The molecule has 174 valence electrons. The minimum atomic E-state index is -0.0824. The molecule has 1 heterocycles. The molecule has 4 aliphatic carbocycles. The molecular weight excluding hydrogens is 400 g/mol. The first-order valence-corrected chi connectivity index (χ1v) is 12.8. The summed E-state index contributed by atoms with van der Waals surface area (Å²) < 4.78 is 5.76. The van der Waals surface area contributed by atoms with Crippen molar-refractivity contribution in [1.29, 1.82) is 0 Å². The van der Waals surface area contributed by atoms with E-state index in [0.29, 0.717) is 25.5 Å². The van der Waals surface area contributed by atoms with Crippen LogP contribution in [0.1, 0.15) is 63.9 Å². The zero-order valence-corrected chi connectivity index (χ0v) is 19.6. The molecule has 1 saturated heterocycles. The molecule has 5 fully saturated rings. The summed E-state index contributed by atoms with van der Waals surface area (Å²) in [4.78, 5) is 30.4. The number of carbonyl (C=O) groups excluding carboxylic acids is 2. The number of rotatable bonds is 6. The van der Waals surface area contributed by atoms with Gasteiger partial charge < -0.3 is 14.5 Å². The molecule has 4 bridgehead atoms. The minimum absolute atomic E-state index is 0.0201. The summed E-state index contributed by atoms with van der Waals surface area (Å²) in [7, 11) is 0. The first-order valence-electron chi connectivity index (χ1n) is 12.8. The molecule has 0 N–H and O–H groups in total. The van der Waals surface area contributed by atoms with Gasteiger partial charge in [-0.05, 0) is 86.8 Å². The SMILES string of the molecule is CCCc1ccc(OCC(=O)N2CCCN(C(=O)C34CC5CC(CC(C5)C3)C4)CC2)cc1. The van der Waals surface area contributed by atoms with Crippen LogP contribution in [0.15, 0.2) is 24.3 Å². The molecule has 2 amide bonds. The van der Waals surface area contributed by atoms with Crippen molar-refractivity contribution in [3.8, 4) is 5.75 Å². The van der Waals surface area contributed by atoms with E-state index in [9.17, 15) is 9.59 Å². The zero-order valence-electron chi connectivity index (χ0n) is 19.6. The van der Waals surface area contributed by atoms with E-state index in [2.05, 4.69) is 24.0 Å². The Labute approximate surface area is 192 Å². The Bertz CT molecular complexity index is 799. The van der Waals surface area contributed by atoms with Gasteiger partial charge in [0.1, 0.15) is 5.75 Å². The van der Waals surface area contributed by atoms with E-state index in [4.69, 9.17) is 4.74 Å². The average molecular weight is 439 g/mol. The Hall–Kier alpha value is -2.04. The van der Waals surface area contributed by atoms with Crippen LogP contribution in [0.3, 0.4) is 0 Å². The monoisotopic (exact) mass is 438 g/mol. The number of carbonyl (C=O) groups is 2. The van der Waals surface area contributed by atoms with E-state index in [1.165, 1.54) is 24.8 Å². The van der Waals surface area contributed by atoms with Gasteiger partial charge in [0.25, 0.3) is 5.91 Å². The first kappa shape index (κ1) is 21.8.